The number of benzene rings is 1. The Morgan fingerprint density at radius 3 is 3.00 bits per heavy atom. The van der Waals surface area contributed by atoms with Gasteiger partial charge in [-0.2, -0.15) is 0 Å². The fourth-order valence-corrected chi connectivity index (χ4v) is 1.57. The highest BCUT2D eigenvalue weighted by Gasteiger charge is 2.27. The Morgan fingerprint density at radius 2 is 2.27 bits per heavy atom. The number of rotatable bonds is 3. The van der Waals surface area contributed by atoms with Crippen molar-refractivity contribution in [1.82, 2.24) is 0 Å². The SMILES string of the molecule is O=C1c2ccccc2NC1C=NCCO. The van der Waals surface area contributed by atoms with Gasteiger partial charge < -0.3 is 10.4 Å². The van der Waals surface area contributed by atoms with Crippen LogP contribution in [0.3, 0.4) is 0 Å². The maximum Gasteiger partial charge on any atom is 0.192 e. The van der Waals surface area contributed by atoms with E-state index in [2.05, 4.69) is 10.3 Å². The maximum absolute atomic E-state index is 11.8. The lowest BCUT2D eigenvalue weighted by molar-refractivity contribution is 0.1000. The quantitative estimate of drug-likeness (QED) is 0.713. The normalized spacial score (nSPS) is 19.3. The Hall–Kier alpha value is -1.68. The van der Waals surface area contributed by atoms with Crippen molar-refractivity contribution in [3.63, 3.8) is 0 Å². The first-order valence-electron chi connectivity index (χ1n) is 4.83. The van der Waals surface area contributed by atoms with Gasteiger partial charge in [-0.1, -0.05) is 12.1 Å². The van der Waals surface area contributed by atoms with Crippen LogP contribution in [0.2, 0.25) is 0 Å². The van der Waals surface area contributed by atoms with E-state index in [-0.39, 0.29) is 18.4 Å². The molecule has 1 aliphatic rings. The van der Waals surface area contributed by atoms with Gasteiger partial charge in [0.1, 0.15) is 6.04 Å². The molecular formula is C11H12N2O2. The summed E-state index contributed by atoms with van der Waals surface area (Å²) in [5.74, 6) is 0.0345. The second kappa shape index (κ2) is 4.23. The molecule has 0 bridgehead atoms. The molecule has 4 nitrogen and oxygen atoms in total. The summed E-state index contributed by atoms with van der Waals surface area (Å²) in [5.41, 5.74) is 1.56. The number of aliphatic hydroxyl groups excluding tert-OH is 1. The van der Waals surface area contributed by atoms with Gasteiger partial charge in [-0.15, -0.1) is 0 Å². The summed E-state index contributed by atoms with van der Waals surface area (Å²) < 4.78 is 0. The number of hydrogen-bond acceptors (Lipinski definition) is 4. The number of anilines is 1. The molecule has 0 saturated heterocycles. The molecule has 15 heavy (non-hydrogen) atoms. The van der Waals surface area contributed by atoms with Crippen molar-refractivity contribution in [2.24, 2.45) is 4.99 Å². The van der Waals surface area contributed by atoms with Crippen LogP contribution in [0, 0.1) is 0 Å². The molecule has 2 rings (SSSR count). The Kier molecular flexibility index (Phi) is 2.78. The van der Waals surface area contributed by atoms with Crippen LogP contribution >= 0.6 is 0 Å². The lowest BCUT2D eigenvalue weighted by Gasteiger charge is -2.01. The summed E-state index contributed by atoms with van der Waals surface area (Å²) in [6.07, 6.45) is 1.55. The average molecular weight is 204 g/mol. The number of aliphatic hydroxyl groups is 1. The van der Waals surface area contributed by atoms with Gasteiger partial charge in [0, 0.05) is 17.5 Å². The molecule has 0 spiro atoms. The number of Topliss-reactive ketones (excluding diaryl/α,β-unsaturated/α-hetero) is 1. The van der Waals surface area contributed by atoms with Crippen LogP contribution in [0.1, 0.15) is 10.4 Å². The molecule has 1 unspecified atom stereocenters. The summed E-state index contributed by atoms with van der Waals surface area (Å²) in [4.78, 5) is 15.7. The van der Waals surface area contributed by atoms with Gasteiger partial charge in [-0.3, -0.25) is 9.79 Å². The first kappa shape index (κ1) is 9.86. The largest absolute Gasteiger partial charge is 0.394 e. The van der Waals surface area contributed by atoms with Gasteiger partial charge in [0.2, 0.25) is 0 Å². The van der Waals surface area contributed by atoms with E-state index in [0.717, 1.165) is 5.69 Å². The van der Waals surface area contributed by atoms with Crippen LogP contribution in [0.25, 0.3) is 0 Å². The minimum Gasteiger partial charge on any atom is -0.394 e. The summed E-state index contributed by atoms with van der Waals surface area (Å²) >= 11 is 0. The van der Waals surface area contributed by atoms with Crippen molar-refractivity contribution >= 4 is 17.7 Å². The molecule has 4 heteroatoms. The van der Waals surface area contributed by atoms with E-state index in [9.17, 15) is 4.79 Å². The number of nitrogens with one attached hydrogen (secondary N) is 1. The van der Waals surface area contributed by atoms with Crippen LogP contribution in [0.4, 0.5) is 5.69 Å². The summed E-state index contributed by atoms with van der Waals surface area (Å²) in [5, 5.41) is 11.6. The second-order valence-corrected chi connectivity index (χ2v) is 3.31. The number of carbonyl (C=O) groups excluding carboxylic acids is 1. The van der Waals surface area contributed by atoms with Crippen molar-refractivity contribution in [3.8, 4) is 0 Å². The molecule has 1 atom stereocenters. The van der Waals surface area contributed by atoms with Gasteiger partial charge in [0.15, 0.2) is 5.78 Å². The highest BCUT2D eigenvalue weighted by atomic mass is 16.3. The van der Waals surface area contributed by atoms with E-state index < -0.39 is 0 Å². The van der Waals surface area contributed by atoms with Crippen molar-refractivity contribution in [2.45, 2.75) is 6.04 Å². The molecule has 0 radical (unpaired) electrons. The number of nitrogens with zero attached hydrogens (tertiary/aromatic N) is 1. The van der Waals surface area contributed by atoms with Crippen molar-refractivity contribution in [3.05, 3.63) is 29.8 Å². The minimum atomic E-state index is -0.381. The molecule has 1 aliphatic heterocycles. The zero-order chi connectivity index (χ0) is 10.7. The Morgan fingerprint density at radius 1 is 1.47 bits per heavy atom. The van der Waals surface area contributed by atoms with Crippen LogP contribution in [0.5, 0.6) is 0 Å². The number of hydrogen-bond donors (Lipinski definition) is 2. The molecule has 0 saturated carbocycles. The van der Waals surface area contributed by atoms with Crippen molar-refractivity contribution < 1.29 is 9.90 Å². The molecule has 1 aromatic rings. The summed E-state index contributed by atoms with van der Waals surface area (Å²) in [6.45, 7) is 0.339. The van der Waals surface area contributed by atoms with Gasteiger partial charge in [-0.25, -0.2) is 0 Å². The summed E-state index contributed by atoms with van der Waals surface area (Å²) in [7, 11) is 0. The number of para-hydroxylation sites is 1. The fourth-order valence-electron chi connectivity index (χ4n) is 1.57. The molecular weight excluding hydrogens is 192 g/mol. The van der Waals surface area contributed by atoms with Gasteiger partial charge in [0.25, 0.3) is 0 Å². The van der Waals surface area contributed by atoms with Crippen molar-refractivity contribution in [2.75, 3.05) is 18.5 Å². The minimum absolute atomic E-state index is 0.00432. The Bertz CT molecular complexity index is 401. The topological polar surface area (TPSA) is 61.7 Å². The molecule has 2 N–H and O–H groups in total. The summed E-state index contributed by atoms with van der Waals surface area (Å²) in [6, 6.07) is 7.00. The number of fused-ring (bicyclic) bond motifs is 1. The molecule has 78 valence electrons. The first-order valence-corrected chi connectivity index (χ1v) is 4.83. The number of aliphatic imine (C=N–C) groups is 1. The highest BCUT2D eigenvalue weighted by Crippen LogP contribution is 2.24. The van der Waals surface area contributed by atoms with Crippen LogP contribution < -0.4 is 5.32 Å². The predicted molar refractivity (Wildman–Crippen MR) is 58.6 cm³/mol. The molecule has 1 heterocycles. The molecule has 0 fully saturated rings. The third-order valence-corrected chi connectivity index (χ3v) is 2.27. The van der Waals surface area contributed by atoms with E-state index in [1.165, 1.54) is 0 Å². The van der Waals surface area contributed by atoms with Gasteiger partial charge in [0.05, 0.1) is 13.2 Å². The van der Waals surface area contributed by atoms with E-state index in [1.54, 1.807) is 12.3 Å². The lowest BCUT2D eigenvalue weighted by atomic mass is 10.1. The van der Waals surface area contributed by atoms with E-state index in [4.69, 9.17) is 5.11 Å². The van der Waals surface area contributed by atoms with Crippen molar-refractivity contribution in [1.29, 1.82) is 0 Å². The molecule has 0 amide bonds. The number of carbonyl (C=O) groups is 1. The highest BCUT2D eigenvalue weighted by molar-refractivity contribution is 6.18. The van der Waals surface area contributed by atoms with Crippen LogP contribution in [-0.4, -0.2) is 36.3 Å². The second-order valence-electron chi connectivity index (χ2n) is 3.31. The average Bonchev–Trinajstić information content (AvgIpc) is 2.57. The Labute approximate surface area is 87.7 Å². The fraction of sp³-hybridized carbons (Fsp3) is 0.273. The van der Waals surface area contributed by atoms with Gasteiger partial charge >= 0.3 is 0 Å². The van der Waals surface area contributed by atoms with Gasteiger partial charge in [-0.05, 0) is 12.1 Å². The van der Waals surface area contributed by atoms with E-state index in [1.807, 2.05) is 18.2 Å². The molecule has 0 aliphatic carbocycles. The predicted octanol–water partition coefficient (Wildman–Crippen LogP) is 0.726. The van der Waals surface area contributed by atoms with Crippen LogP contribution in [-0.2, 0) is 0 Å². The number of ketones is 1. The van der Waals surface area contributed by atoms with Crippen LogP contribution in [0.15, 0.2) is 29.3 Å². The first-order chi connectivity index (χ1) is 7.33. The standard InChI is InChI=1S/C11H12N2O2/c14-6-5-12-7-10-11(15)8-3-1-2-4-9(8)13-10/h1-4,7,10,13-14H,5-6H2. The van der Waals surface area contributed by atoms with E-state index in [0.29, 0.717) is 12.1 Å². The Balaban J connectivity index is 2.13. The lowest BCUT2D eigenvalue weighted by Crippen LogP contribution is -2.23. The smallest absolute Gasteiger partial charge is 0.192 e. The third kappa shape index (κ3) is 1.89. The molecule has 0 aromatic heterocycles. The third-order valence-electron chi connectivity index (χ3n) is 2.27. The maximum atomic E-state index is 11.8. The molecule has 1 aromatic carbocycles. The monoisotopic (exact) mass is 204 g/mol. The van der Waals surface area contributed by atoms with E-state index >= 15 is 0 Å². The zero-order valence-corrected chi connectivity index (χ0v) is 8.18. The zero-order valence-electron chi connectivity index (χ0n) is 8.18.